The molecule has 0 spiro atoms. The summed E-state index contributed by atoms with van der Waals surface area (Å²) in [7, 11) is 1.66. The van der Waals surface area contributed by atoms with Gasteiger partial charge in [-0.2, -0.15) is 0 Å². The van der Waals surface area contributed by atoms with E-state index < -0.39 is 0 Å². The quantitative estimate of drug-likeness (QED) is 0.619. The summed E-state index contributed by atoms with van der Waals surface area (Å²) < 4.78 is 4.91. The summed E-state index contributed by atoms with van der Waals surface area (Å²) in [6, 6.07) is 0. The number of amides is 1. The van der Waals surface area contributed by atoms with Gasteiger partial charge in [-0.05, 0) is 44.8 Å². The van der Waals surface area contributed by atoms with Crippen molar-refractivity contribution in [2.45, 2.75) is 26.2 Å². The van der Waals surface area contributed by atoms with Crippen molar-refractivity contribution in [1.29, 1.82) is 0 Å². The number of likely N-dealkylation sites (tertiary alicyclic amines) is 1. The van der Waals surface area contributed by atoms with E-state index in [4.69, 9.17) is 4.74 Å². The number of piperidine rings is 1. The van der Waals surface area contributed by atoms with E-state index in [2.05, 4.69) is 22.5 Å². The topological polar surface area (TPSA) is 53.6 Å². The normalized spacial score (nSPS) is 15.9. The molecule has 1 amide bonds. The van der Waals surface area contributed by atoms with Gasteiger partial charge in [0, 0.05) is 20.2 Å². The Bertz CT molecular complexity index is 250. The van der Waals surface area contributed by atoms with E-state index >= 15 is 0 Å². The maximum atomic E-state index is 11.6. The van der Waals surface area contributed by atoms with Crippen LogP contribution in [0.25, 0.3) is 0 Å². The van der Waals surface area contributed by atoms with Crippen LogP contribution in [0.5, 0.6) is 0 Å². The van der Waals surface area contributed by atoms with Crippen LogP contribution < -0.4 is 10.6 Å². The highest BCUT2D eigenvalue weighted by molar-refractivity contribution is 5.85. The number of ether oxygens (including phenoxy) is 1. The number of hydrogen-bond acceptors (Lipinski definition) is 4. The summed E-state index contributed by atoms with van der Waals surface area (Å²) in [6.07, 6.45) is 3.64. The van der Waals surface area contributed by atoms with Crippen LogP contribution in [0.3, 0.4) is 0 Å². The van der Waals surface area contributed by atoms with Crippen LogP contribution in [-0.4, -0.2) is 63.8 Å². The van der Waals surface area contributed by atoms with Gasteiger partial charge in [-0.1, -0.05) is 6.92 Å². The smallest absolute Gasteiger partial charge is 0.233 e. The number of nitrogens with zero attached hydrogens (tertiary/aromatic N) is 1. The summed E-state index contributed by atoms with van der Waals surface area (Å²) in [4.78, 5) is 14.1. The molecule has 128 valence electrons. The lowest BCUT2D eigenvalue weighted by Crippen LogP contribution is -2.41. The molecule has 1 aliphatic heterocycles. The molecule has 1 fully saturated rings. The molecule has 0 aromatic rings. The summed E-state index contributed by atoms with van der Waals surface area (Å²) in [5.41, 5.74) is 0. The molecule has 2 N–H and O–H groups in total. The van der Waals surface area contributed by atoms with E-state index in [0.29, 0.717) is 19.1 Å². The van der Waals surface area contributed by atoms with Gasteiger partial charge in [-0.15, -0.1) is 24.8 Å². The summed E-state index contributed by atoms with van der Waals surface area (Å²) in [6.45, 7) is 8.37. The van der Waals surface area contributed by atoms with Crippen molar-refractivity contribution in [1.82, 2.24) is 15.5 Å². The minimum absolute atomic E-state index is 0. The van der Waals surface area contributed by atoms with Gasteiger partial charge in [-0.3, -0.25) is 4.79 Å². The minimum Gasteiger partial charge on any atom is -0.383 e. The third kappa shape index (κ3) is 11.2. The zero-order valence-electron chi connectivity index (χ0n) is 13.2. The second-order valence-electron chi connectivity index (χ2n) is 5.26. The Balaban J connectivity index is 0. The van der Waals surface area contributed by atoms with Crippen molar-refractivity contribution in [3.63, 3.8) is 0 Å². The predicted molar refractivity (Wildman–Crippen MR) is 91.7 cm³/mol. The van der Waals surface area contributed by atoms with Crippen molar-refractivity contribution >= 4 is 30.7 Å². The monoisotopic (exact) mass is 343 g/mol. The molecule has 0 bridgehead atoms. The molecule has 0 aromatic heterocycles. The number of hydrogen-bond donors (Lipinski definition) is 2. The number of halogens is 2. The standard InChI is InChI=1S/C14H29N3O2.2ClH/c1-3-7-17-8-4-13(5-9-17)11-16-14(18)12-15-6-10-19-2;;/h13,15H,3-12H2,1-2H3,(H,16,18);2*1H. The number of rotatable bonds is 9. The fourth-order valence-electron chi connectivity index (χ4n) is 2.43. The lowest BCUT2D eigenvalue weighted by molar-refractivity contribution is -0.120. The highest BCUT2D eigenvalue weighted by atomic mass is 35.5. The van der Waals surface area contributed by atoms with Gasteiger partial charge in [0.1, 0.15) is 0 Å². The molecule has 0 radical (unpaired) electrons. The highest BCUT2D eigenvalue weighted by Crippen LogP contribution is 2.16. The highest BCUT2D eigenvalue weighted by Gasteiger charge is 2.18. The molecule has 0 unspecified atom stereocenters. The van der Waals surface area contributed by atoms with Crippen molar-refractivity contribution in [3.8, 4) is 0 Å². The summed E-state index contributed by atoms with van der Waals surface area (Å²) in [5, 5.41) is 6.07. The maximum absolute atomic E-state index is 11.6. The fourth-order valence-corrected chi connectivity index (χ4v) is 2.43. The molecule has 0 aliphatic carbocycles. The largest absolute Gasteiger partial charge is 0.383 e. The zero-order chi connectivity index (χ0) is 13.9. The van der Waals surface area contributed by atoms with Gasteiger partial charge in [0.05, 0.1) is 13.2 Å². The Morgan fingerprint density at radius 2 is 1.95 bits per heavy atom. The van der Waals surface area contributed by atoms with Crippen LogP contribution in [-0.2, 0) is 9.53 Å². The van der Waals surface area contributed by atoms with Crippen molar-refractivity contribution < 1.29 is 9.53 Å². The van der Waals surface area contributed by atoms with Gasteiger partial charge in [0.25, 0.3) is 0 Å². The molecule has 21 heavy (non-hydrogen) atoms. The first-order valence-electron chi connectivity index (χ1n) is 7.45. The molecule has 0 atom stereocenters. The Morgan fingerprint density at radius 3 is 2.52 bits per heavy atom. The van der Waals surface area contributed by atoms with Crippen LogP contribution in [0.15, 0.2) is 0 Å². The molecule has 5 nitrogen and oxygen atoms in total. The summed E-state index contributed by atoms with van der Waals surface area (Å²) in [5.74, 6) is 0.739. The first-order chi connectivity index (χ1) is 9.26. The zero-order valence-corrected chi connectivity index (χ0v) is 14.9. The first-order valence-corrected chi connectivity index (χ1v) is 7.45. The minimum atomic E-state index is 0. The average molecular weight is 344 g/mol. The molecular formula is C14H31Cl2N3O2. The van der Waals surface area contributed by atoms with E-state index in [-0.39, 0.29) is 30.7 Å². The van der Waals surface area contributed by atoms with Gasteiger partial charge < -0.3 is 20.3 Å². The van der Waals surface area contributed by atoms with E-state index in [1.807, 2.05) is 0 Å². The molecule has 1 saturated heterocycles. The van der Waals surface area contributed by atoms with Crippen LogP contribution >= 0.6 is 24.8 Å². The Labute approximate surface area is 141 Å². The Morgan fingerprint density at radius 1 is 1.29 bits per heavy atom. The van der Waals surface area contributed by atoms with Gasteiger partial charge in [0.15, 0.2) is 0 Å². The average Bonchev–Trinajstić information content (AvgIpc) is 2.43. The van der Waals surface area contributed by atoms with Crippen molar-refractivity contribution in [3.05, 3.63) is 0 Å². The van der Waals surface area contributed by atoms with Crippen LogP contribution in [0.2, 0.25) is 0 Å². The van der Waals surface area contributed by atoms with Gasteiger partial charge >= 0.3 is 0 Å². The fraction of sp³-hybridized carbons (Fsp3) is 0.929. The predicted octanol–water partition coefficient (Wildman–Crippen LogP) is 1.30. The van der Waals surface area contributed by atoms with E-state index in [1.165, 1.54) is 38.9 Å². The van der Waals surface area contributed by atoms with Gasteiger partial charge in [0.2, 0.25) is 5.91 Å². The lowest BCUT2D eigenvalue weighted by Gasteiger charge is -2.31. The second kappa shape index (κ2) is 14.9. The van der Waals surface area contributed by atoms with Crippen LogP contribution in [0.4, 0.5) is 0 Å². The Kier molecular flexibility index (Phi) is 16.4. The van der Waals surface area contributed by atoms with E-state index in [1.54, 1.807) is 7.11 Å². The number of methoxy groups -OCH3 is 1. The molecule has 1 rings (SSSR count). The van der Waals surface area contributed by atoms with Crippen molar-refractivity contribution in [2.24, 2.45) is 5.92 Å². The SMILES string of the molecule is CCCN1CCC(CNC(=O)CNCCOC)CC1.Cl.Cl. The Hall–Kier alpha value is -0.0700. The molecule has 0 aromatic carbocycles. The van der Waals surface area contributed by atoms with Crippen LogP contribution in [0, 0.1) is 5.92 Å². The molecule has 1 aliphatic rings. The first kappa shape index (κ1) is 23.2. The maximum Gasteiger partial charge on any atom is 0.233 e. The third-order valence-corrected chi connectivity index (χ3v) is 3.60. The van der Waals surface area contributed by atoms with Gasteiger partial charge in [-0.25, -0.2) is 0 Å². The summed E-state index contributed by atoms with van der Waals surface area (Å²) >= 11 is 0. The van der Waals surface area contributed by atoms with E-state index in [9.17, 15) is 4.79 Å². The molecule has 7 heteroatoms. The lowest BCUT2D eigenvalue weighted by atomic mass is 9.96. The molecule has 0 saturated carbocycles. The molecule has 1 heterocycles. The second-order valence-corrected chi connectivity index (χ2v) is 5.26. The number of carbonyl (C=O) groups excluding carboxylic acids is 1. The number of nitrogens with one attached hydrogen (secondary N) is 2. The third-order valence-electron chi connectivity index (χ3n) is 3.60. The van der Waals surface area contributed by atoms with Crippen LogP contribution in [0.1, 0.15) is 26.2 Å². The number of carbonyl (C=O) groups is 1. The van der Waals surface area contributed by atoms with Crippen molar-refractivity contribution in [2.75, 3.05) is 53.0 Å². The van der Waals surface area contributed by atoms with E-state index in [0.717, 1.165) is 13.1 Å². The molecular weight excluding hydrogens is 313 g/mol.